The van der Waals surface area contributed by atoms with Gasteiger partial charge in [-0.2, -0.15) is 0 Å². The van der Waals surface area contributed by atoms with Crippen LogP contribution in [0.25, 0.3) is 10.8 Å². The van der Waals surface area contributed by atoms with E-state index < -0.39 is 11.8 Å². The van der Waals surface area contributed by atoms with Gasteiger partial charge in [0.15, 0.2) is 11.6 Å². The third-order valence-corrected chi connectivity index (χ3v) is 4.41. The number of fused-ring (bicyclic) bond motifs is 4. The van der Waals surface area contributed by atoms with Crippen LogP contribution in [0.4, 0.5) is 0 Å². The van der Waals surface area contributed by atoms with Gasteiger partial charge in [-0.1, -0.05) is 30.3 Å². The van der Waals surface area contributed by atoms with Gasteiger partial charge < -0.3 is 9.84 Å². The van der Waals surface area contributed by atoms with Crippen molar-refractivity contribution in [1.29, 1.82) is 0 Å². The summed E-state index contributed by atoms with van der Waals surface area (Å²) in [5, 5.41) is 11.3. The van der Waals surface area contributed by atoms with Gasteiger partial charge in [0.1, 0.15) is 5.75 Å². The summed E-state index contributed by atoms with van der Waals surface area (Å²) in [4.78, 5) is 37.6. The van der Waals surface area contributed by atoms with Gasteiger partial charge in [0.25, 0.3) is 0 Å². The zero-order valence-electron chi connectivity index (χ0n) is 13.2. The lowest BCUT2D eigenvalue weighted by Gasteiger charge is -2.20. The molecule has 0 saturated heterocycles. The monoisotopic (exact) mass is 332 g/mol. The maximum atomic E-state index is 13.0. The molecule has 4 rings (SSSR count). The first-order valence-corrected chi connectivity index (χ1v) is 7.59. The molecule has 0 fully saturated rings. The molecule has 0 aromatic heterocycles. The predicted molar refractivity (Wildman–Crippen MR) is 90.3 cm³/mol. The van der Waals surface area contributed by atoms with E-state index in [-0.39, 0.29) is 39.4 Å². The number of ether oxygens (including phenoxy) is 1. The van der Waals surface area contributed by atoms with E-state index in [1.165, 1.54) is 19.2 Å². The molecule has 0 unspecified atom stereocenters. The van der Waals surface area contributed by atoms with E-state index in [1.54, 1.807) is 36.4 Å². The summed E-state index contributed by atoms with van der Waals surface area (Å²) in [6, 6.07) is 12.6. The van der Waals surface area contributed by atoms with E-state index >= 15 is 0 Å². The molecule has 122 valence electrons. The van der Waals surface area contributed by atoms with E-state index in [9.17, 15) is 19.5 Å². The standard InChI is InChI=1S/C20H12O5/c1-25-20(24)11-7-6-10-9-15(21)17-16(14(10)8-11)18(22)12-4-2-3-5-13(12)19(17)23/h2-9,21H,1H3. The molecule has 25 heavy (non-hydrogen) atoms. The summed E-state index contributed by atoms with van der Waals surface area (Å²) in [7, 11) is 1.27. The summed E-state index contributed by atoms with van der Waals surface area (Å²) in [6.07, 6.45) is 0. The number of methoxy groups -OCH3 is 1. The Morgan fingerprint density at radius 3 is 2.20 bits per heavy atom. The number of rotatable bonds is 1. The smallest absolute Gasteiger partial charge is 0.337 e. The lowest BCUT2D eigenvalue weighted by Crippen LogP contribution is -2.21. The third kappa shape index (κ3) is 2.06. The van der Waals surface area contributed by atoms with E-state index in [0.29, 0.717) is 10.8 Å². The molecule has 5 heteroatoms. The van der Waals surface area contributed by atoms with Gasteiger partial charge in [0.2, 0.25) is 0 Å². The molecule has 3 aromatic carbocycles. The van der Waals surface area contributed by atoms with Gasteiger partial charge in [-0.15, -0.1) is 0 Å². The zero-order chi connectivity index (χ0) is 17.7. The fourth-order valence-electron chi connectivity index (χ4n) is 3.24. The fourth-order valence-corrected chi connectivity index (χ4v) is 3.24. The van der Waals surface area contributed by atoms with E-state index in [1.807, 2.05) is 0 Å². The summed E-state index contributed by atoms with van der Waals surface area (Å²) in [5.41, 5.74) is 0.902. The summed E-state index contributed by atoms with van der Waals surface area (Å²) in [5.74, 6) is -1.55. The number of carbonyl (C=O) groups excluding carboxylic acids is 3. The minimum atomic E-state index is -0.543. The van der Waals surface area contributed by atoms with Crippen molar-refractivity contribution >= 4 is 28.3 Å². The number of hydrogen-bond donors (Lipinski definition) is 1. The van der Waals surface area contributed by atoms with Crippen LogP contribution in [0.1, 0.15) is 42.2 Å². The second-order valence-electron chi connectivity index (χ2n) is 5.78. The Labute approximate surface area is 142 Å². The Kier molecular flexibility index (Phi) is 3.18. The molecule has 0 spiro atoms. The average Bonchev–Trinajstić information content (AvgIpc) is 2.64. The number of esters is 1. The molecular weight excluding hydrogens is 320 g/mol. The number of carbonyl (C=O) groups is 3. The Bertz CT molecular complexity index is 1090. The molecular formula is C20H12O5. The van der Waals surface area contributed by atoms with Gasteiger partial charge in [0, 0.05) is 16.7 Å². The van der Waals surface area contributed by atoms with Crippen LogP contribution >= 0.6 is 0 Å². The minimum absolute atomic E-state index is 0.0294. The van der Waals surface area contributed by atoms with Crippen molar-refractivity contribution in [2.75, 3.05) is 7.11 Å². The zero-order valence-corrected chi connectivity index (χ0v) is 13.2. The largest absolute Gasteiger partial charge is 0.507 e. The molecule has 0 bridgehead atoms. The minimum Gasteiger partial charge on any atom is -0.507 e. The second kappa shape index (κ2) is 5.27. The van der Waals surface area contributed by atoms with Crippen LogP contribution in [0, 0.1) is 0 Å². The van der Waals surface area contributed by atoms with Crippen LogP contribution in [0.3, 0.4) is 0 Å². The molecule has 1 aliphatic rings. The summed E-state index contributed by atoms with van der Waals surface area (Å²) in [6.45, 7) is 0. The predicted octanol–water partition coefficient (Wildman–Crippen LogP) is 3.11. The van der Waals surface area contributed by atoms with Gasteiger partial charge >= 0.3 is 5.97 Å². The Hall–Kier alpha value is -3.47. The number of benzene rings is 3. The highest BCUT2D eigenvalue weighted by molar-refractivity contribution is 6.33. The van der Waals surface area contributed by atoms with Crippen molar-refractivity contribution in [3.8, 4) is 5.75 Å². The Morgan fingerprint density at radius 1 is 0.920 bits per heavy atom. The number of phenols is 1. The van der Waals surface area contributed by atoms with Gasteiger partial charge in [-0.3, -0.25) is 9.59 Å². The van der Waals surface area contributed by atoms with Crippen LogP contribution in [0.15, 0.2) is 48.5 Å². The molecule has 1 N–H and O–H groups in total. The van der Waals surface area contributed by atoms with Crippen molar-refractivity contribution in [1.82, 2.24) is 0 Å². The summed E-state index contributed by atoms with van der Waals surface area (Å²) < 4.78 is 4.72. The van der Waals surface area contributed by atoms with Gasteiger partial charge in [-0.05, 0) is 29.0 Å². The van der Waals surface area contributed by atoms with Crippen molar-refractivity contribution in [3.63, 3.8) is 0 Å². The van der Waals surface area contributed by atoms with Crippen LogP contribution in [-0.2, 0) is 4.74 Å². The normalized spacial score (nSPS) is 12.7. The lowest BCUT2D eigenvalue weighted by molar-refractivity contribution is 0.0600. The van der Waals surface area contributed by atoms with E-state index in [2.05, 4.69) is 0 Å². The fraction of sp³-hybridized carbons (Fsp3) is 0.0500. The molecule has 1 aliphatic carbocycles. The van der Waals surface area contributed by atoms with Gasteiger partial charge in [-0.25, -0.2) is 4.79 Å². The molecule has 0 saturated carbocycles. The lowest BCUT2D eigenvalue weighted by atomic mass is 9.81. The molecule has 0 atom stereocenters. The molecule has 0 heterocycles. The van der Waals surface area contributed by atoms with Crippen molar-refractivity contribution < 1.29 is 24.2 Å². The van der Waals surface area contributed by atoms with E-state index in [0.717, 1.165) is 0 Å². The van der Waals surface area contributed by atoms with Crippen molar-refractivity contribution in [2.45, 2.75) is 0 Å². The average molecular weight is 332 g/mol. The topological polar surface area (TPSA) is 80.7 Å². The molecule has 0 amide bonds. The van der Waals surface area contributed by atoms with Crippen molar-refractivity contribution in [3.05, 3.63) is 76.3 Å². The van der Waals surface area contributed by atoms with E-state index in [4.69, 9.17) is 4.74 Å². The molecule has 0 aliphatic heterocycles. The van der Waals surface area contributed by atoms with Gasteiger partial charge in [0.05, 0.1) is 18.2 Å². The maximum absolute atomic E-state index is 13.0. The quantitative estimate of drug-likeness (QED) is 0.542. The second-order valence-corrected chi connectivity index (χ2v) is 5.78. The van der Waals surface area contributed by atoms with Crippen molar-refractivity contribution in [2.24, 2.45) is 0 Å². The van der Waals surface area contributed by atoms with Crippen LogP contribution in [-0.4, -0.2) is 29.8 Å². The number of phenolic OH excluding ortho intramolecular Hbond substituents is 1. The number of hydrogen-bond acceptors (Lipinski definition) is 5. The molecule has 5 nitrogen and oxygen atoms in total. The first kappa shape index (κ1) is 15.1. The highest BCUT2D eigenvalue weighted by Crippen LogP contribution is 2.38. The number of aromatic hydroxyl groups is 1. The van der Waals surface area contributed by atoms with Crippen LogP contribution in [0.2, 0.25) is 0 Å². The first-order chi connectivity index (χ1) is 12.0. The number of ketones is 2. The summed E-state index contributed by atoms with van der Waals surface area (Å²) >= 11 is 0. The van der Waals surface area contributed by atoms with Crippen LogP contribution in [0.5, 0.6) is 5.75 Å². The first-order valence-electron chi connectivity index (χ1n) is 7.59. The Balaban J connectivity index is 2.10. The highest BCUT2D eigenvalue weighted by atomic mass is 16.5. The Morgan fingerprint density at radius 2 is 1.56 bits per heavy atom. The molecule has 3 aromatic rings. The third-order valence-electron chi connectivity index (χ3n) is 4.41. The molecule has 0 radical (unpaired) electrons. The maximum Gasteiger partial charge on any atom is 0.337 e. The SMILES string of the molecule is COC(=O)c1ccc2cc(O)c3c(c2c1)C(=O)c1ccccc1C3=O. The highest BCUT2D eigenvalue weighted by Gasteiger charge is 2.33. The van der Waals surface area contributed by atoms with Crippen LogP contribution < -0.4 is 0 Å².